The van der Waals surface area contributed by atoms with E-state index in [9.17, 15) is 4.79 Å². The van der Waals surface area contributed by atoms with E-state index in [1.807, 2.05) is 12.1 Å². The van der Waals surface area contributed by atoms with E-state index in [-0.39, 0.29) is 12.6 Å². The Morgan fingerprint density at radius 3 is 2.38 bits per heavy atom. The summed E-state index contributed by atoms with van der Waals surface area (Å²) in [5.74, 6) is 1.69. The van der Waals surface area contributed by atoms with E-state index in [1.165, 1.54) is 38.4 Å². The van der Waals surface area contributed by atoms with Crippen LogP contribution in [0.2, 0.25) is 0 Å². The van der Waals surface area contributed by atoms with E-state index in [2.05, 4.69) is 22.2 Å². The number of carbonyl (C=O) groups excluding carboxylic acids is 1. The molecule has 3 rings (SSSR count). The summed E-state index contributed by atoms with van der Waals surface area (Å²) in [7, 11) is 1.36. The fourth-order valence-corrected chi connectivity index (χ4v) is 3.92. The average molecular weight is 361 g/mol. The van der Waals surface area contributed by atoms with Crippen molar-refractivity contribution in [1.29, 1.82) is 0 Å². The molecule has 5 nitrogen and oxygen atoms in total. The van der Waals surface area contributed by atoms with Gasteiger partial charge in [0.1, 0.15) is 5.75 Å². The molecule has 144 valence electrons. The van der Waals surface area contributed by atoms with Crippen LogP contribution in [0.15, 0.2) is 24.3 Å². The van der Waals surface area contributed by atoms with Gasteiger partial charge in [-0.15, -0.1) is 0 Å². The minimum absolute atomic E-state index is 0.0463. The Kier molecular flexibility index (Phi) is 7.32. The highest BCUT2D eigenvalue weighted by atomic mass is 16.6. The second kappa shape index (κ2) is 9.93. The predicted molar refractivity (Wildman–Crippen MR) is 100 cm³/mol. The largest absolute Gasteiger partial charge is 0.482 e. The molecule has 0 bridgehead atoms. The minimum atomic E-state index is -0.364. The Hall–Kier alpha value is -1.59. The van der Waals surface area contributed by atoms with Crippen LogP contribution < -0.4 is 10.1 Å². The van der Waals surface area contributed by atoms with Gasteiger partial charge in [0.05, 0.1) is 13.2 Å². The van der Waals surface area contributed by atoms with Crippen LogP contribution >= 0.6 is 0 Å². The first-order valence-corrected chi connectivity index (χ1v) is 9.86. The summed E-state index contributed by atoms with van der Waals surface area (Å²) >= 11 is 0. The summed E-state index contributed by atoms with van der Waals surface area (Å²) in [6.07, 6.45) is 7.59. The van der Waals surface area contributed by atoms with Gasteiger partial charge in [-0.05, 0) is 81.1 Å². The van der Waals surface area contributed by atoms with Gasteiger partial charge in [-0.3, -0.25) is 0 Å². The zero-order valence-corrected chi connectivity index (χ0v) is 15.7. The third-order valence-electron chi connectivity index (χ3n) is 5.64. The maximum Gasteiger partial charge on any atom is 0.343 e. The van der Waals surface area contributed by atoms with Crippen LogP contribution in [0.3, 0.4) is 0 Å². The molecule has 2 aliphatic rings. The second-order valence-corrected chi connectivity index (χ2v) is 7.43. The summed E-state index contributed by atoms with van der Waals surface area (Å²) < 4.78 is 16.2. The number of ether oxygens (including phenoxy) is 3. The van der Waals surface area contributed by atoms with Gasteiger partial charge >= 0.3 is 5.97 Å². The van der Waals surface area contributed by atoms with Gasteiger partial charge in [0.2, 0.25) is 0 Å². The summed E-state index contributed by atoms with van der Waals surface area (Å²) in [4.78, 5) is 11.1. The summed E-state index contributed by atoms with van der Waals surface area (Å²) in [6.45, 7) is 3.17. The molecule has 1 aliphatic carbocycles. The third kappa shape index (κ3) is 5.71. The molecule has 0 spiro atoms. The Balaban J connectivity index is 1.39. The first kappa shape index (κ1) is 19.2. The molecule has 0 amide bonds. The first-order valence-electron chi connectivity index (χ1n) is 9.86. The molecule has 1 aromatic carbocycles. The number of rotatable bonds is 7. The first-order chi connectivity index (χ1) is 12.7. The second-order valence-electron chi connectivity index (χ2n) is 7.43. The van der Waals surface area contributed by atoms with Gasteiger partial charge in [0, 0.05) is 6.61 Å². The maximum atomic E-state index is 11.1. The van der Waals surface area contributed by atoms with Crippen LogP contribution in [0.25, 0.3) is 0 Å². The van der Waals surface area contributed by atoms with Crippen molar-refractivity contribution in [2.75, 3.05) is 33.4 Å². The van der Waals surface area contributed by atoms with E-state index in [1.54, 1.807) is 0 Å². The van der Waals surface area contributed by atoms with Crippen LogP contribution in [0.4, 0.5) is 0 Å². The lowest BCUT2D eigenvalue weighted by molar-refractivity contribution is -0.142. The Morgan fingerprint density at radius 1 is 1.04 bits per heavy atom. The van der Waals surface area contributed by atoms with E-state index in [4.69, 9.17) is 9.47 Å². The highest BCUT2D eigenvalue weighted by Gasteiger charge is 2.24. The molecule has 5 heteroatoms. The fourth-order valence-electron chi connectivity index (χ4n) is 3.92. The average Bonchev–Trinajstić information content (AvgIpc) is 2.72. The lowest BCUT2D eigenvalue weighted by Crippen LogP contribution is -2.31. The predicted octanol–water partition coefficient (Wildman–Crippen LogP) is 3.28. The SMILES string of the molecule is COC(=O)COc1ccc(C2CCC(OCC3CCNCC3)CC2)cc1. The fraction of sp³-hybridized carbons (Fsp3) is 0.667. The van der Waals surface area contributed by atoms with E-state index >= 15 is 0 Å². The lowest BCUT2D eigenvalue weighted by atomic mass is 9.82. The highest BCUT2D eigenvalue weighted by Crippen LogP contribution is 2.35. The van der Waals surface area contributed by atoms with Crippen molar-refractivity contribution >= 4 is 5.97 Å². The van der Waals surface area contributed by atoms with Gasteiger partial charge < -0.3 is 19.5 Å². The number of methoxy groups -OCH3 is 1. The molecule has 1 heterocycles. The molecule has 0 atom stereocenters. The maximum absolute atomic E-state index is 11.1. The molecule has 26 heavy (non-hydrogen) atoms. The standard InChI is InChI=1S/C21H31NO4/c1-24-21(23)15-26-20-8-4-18(5-9-20)17-2-6-19(7-3-17)25-14-16-10-12-22-13-11-16/h4-5,8-9,16-17,19,22H,2-3,6-7,10-15H2,1H3. The van der Waals surface area contributed by atoms with Gasteiger partial charge in [-0.1, -0.05) is 12.1 Å². The molecule has 1 saturated carbocycles. The van der Waals surface area contributed by atoms with Crippen molar-refractivity contribution in [3.8, 4) is 5.75 Å². The van der Waals surface area contributed by atoms with E-state index < -0.39 is 0 Å². The number of hydrogen-bond donors (Lipinski definition) is 1. The number of carbonyl (C=O) groups is 1. The molecule has 0 aromatic heterocycles. The van der Waals surface area contributed by atoms with Crippen LogP contribution in [0, 0.1) is 5.92 Å². The summed E-state index contributed by atoms with van der Waals surface area (Å²) in [6, 6.07) is 8.12. The van der Waals surface area contributed by atoms with E-state index in [0.29, 0.717) is 17.8 Å². The molecule has 0 unspecified atom stereocenters. The molecule has 2 fully saturated rings. The molecule has 1 aromatic rings. The van der Waals surface area contributed by atoms with Gasteiger partial charge in [0.25, 0.3) is 0 Å². The van der Waals surface area contributed by atoms with Crippen molar-refractivity contribution in [2.24, 2.45) is 5.92 Å². The monoisotopic (exact) mass is 361 g/mol. The van der Waals surface area contributed by atoms with Crippen molar-refractivity contribution in [3.63, 3.8) is 0 Å². The quantitative estimate of drug-likeness (QED) is 0.756. The zero-order chi connectivity index (χ0) is 18.2. The summed E-state index contributed by atoms with van der Waals surface area (Å²) in [5.41, 5.74) is 1.35. The lowest BCUT2D eigenvalue weighted by Gasteiger charge is -2.31. The highest BCUT2D eigenvalue weighted by molar-refractivity contribution is 5.70. The van der Waals surface area contributed by atoms with Crippen LogP contribution in [0.1, 0.15) is 50.0 Å². The topological polar surface area (TPSA) is 56.8 Å². The Bertz CT molecular complexity index is 546. The van der Waals surface area contributed by atoms with Gasteiger partial charge in [-0.2, -0.15) is 0 Å². The Labute approximate surface area is 156 Å². The van der Waals surface area contributed by atoms with Gasteiger partial charge in [-0.25, -0.2) is 4.79 Å². The van der Waals surface area contributed by atoms with E-state index in [0.717, 1.165) is 38.5 Å². The normalized spacial score (nSPS) is 24.2. The third-order valence-corrected chi connectivity index (χ3v) is 5.64. The molecular formula is C21H31NO4. The van der Waals surface area contributed by atoms with Crippen molar-refractivity contribution in [1.82, 2.24) is 5.32 Å². The molecule has 0 radical (unpaired) electrons. The molecule has 1 saturated heterocycles. The van der Waals surface area contributed by atoms with Gasteiger partial charge in [0.15, 0.2) is 6.61 Å². The van der Waals surface area contributed by atoms with Crippen molar-refractivity contribution in [2.45, 2.75) is 50.5 Å². The summed E-state index contributed by atoms with van der Waals surface area (Å²) in [5, 5.41) is 3.41. The van der Waals surface area contributed by atoms with Crippen molar-refractivity contribution in [3.05, 3.63) is 29.8 Å². The zero-order valence-electron chi connectivity index (χ0n) is 15.7. The smallest absolute Gasteiger partial charge is 0.343 e. The van der Waals surface area contributed by atoms with Crippen molar-refractivity contribution < 1.29 is 19.0 Å². The Morgan fingerprint density at radius 2 is 1.73 bits per heavy atom. The number of esters is 1. The molecular weight excluding hydrogens is 330 g/mol. The number of benzene rings is 1. The number of hydrogen-bond acceptors (Lipinski definition) is 5. The van der Waals surface area contributed by atoms with Crippen LogP contribution in [-0.4, -0.2) is 45.5 Å². The number of piperidine rings is 1. The van der Waals surface area contributed by atoms with Crippen LogP contribution in [0.5, 0.6) is 5.75 Å². The molecule has 1 N–H and O–H groups in total. The molecule has 1 aliphatic heterocycles. The van der Waals surface area contributed by atoms with Crippen LogP contribution in [-0.2, 0) is 14.3 Å². The minimum Gasteiger partial charge on any atom is -0.482 e. The number of nitrogens with one attached hydrogen (secondary N) is 1.